The Labute approximate surface area is 295 Å². The SMILES string of the molecule is CC1=[C-]C(C)([Si](c2ccc(F)cc2)(c2cc(C)cc(C)c2)c2cc(C(C)(C)C)cc(C(C)(C)C)c2)C(C)=C1C.[Cl-].[Cl-].[Cl-].[Ti+4]. The third-order valence-electron chi connectivity index (χ3n) is 9.09. The van der Waals surface area contributed by atoms with Crippen LogP contribution in [-0.4, -0.2) is 8.07 Å². The van der Waals surface area contributed by atoms with Crippen molar-refractivity contribution in [3.8, 4) is 0 Å². The van der Waals surface area contributed by atoms with Gasteiger partial charge in [-0.2, -0.15) is 11.1 Å². The zero-order valence-corrected chi connectivity index (χ0v) is 32.6. The molecule has 0 radical (unpaired) electrons. The zero-order chi connectivity index (χ0) is 29.1. The maximum Gasteiger partial charge on any atom is 4.00 e. The molecule has 3 aromatic carbocycles. The maximum absolute atomic E-state index is 14.5. The number of aryl methyl sites for hydroxylation is 2. The van der Waals surface area contributed by atoms with Crippen molar-refractivity contribution in [2.75, 3.05) is 0 Å². The van der Waals surface area contributed by atoms with Gasteiger partial charge >= 0.3 is 21.7 Å². The van der Waals surface area contributed by atoms with E-state index in [0.717, 1.165) is 0 Å². The molecule has 0 N–H and O–H groups in total. The molecule has 2 atom stereocenters. The third-order valence-corrected chi connectivity index (χ3v) is 14.6. The molecule has 0 saturated heterocycles. The zero-order valence-electron chi connectivity index (χ0n) is 27.8. The van der Waals surface area contributed by atoms with Crippen molar-refractivity contribution >= 4 is 23.6 Å². The van der Waals surface area contributed by atoms with Gasteiger partial charge < -0.3 is 37.2 Å². The van der Waals surface area contributed by atoms with Crippen LogP contribution in [0.4, 0.5) is 4.39 Å². The van der Waals surface area contributed by atoms with E-state index in [1.54, 1.807) is 12.1 Å². The van der Waals surface area contributed by atoms with Crippen LogP contribution in [0.1, 0.15) is 91.5 Å². The van der Waals surface area contributed by atoms with Gasteiger partial charge in [0.15, 0.2) is 0 Å². The minimum atomic E-state index is -2.92. The molecule has 3 aromatic rings. The van der Waals surface area contributed by atoms with Crippen molar-refractivity contribution in [1.82, 2.24) is 0 Å². The summed E-state index contributed by atoms with van der Waals surface area (Å²) in [5.74, 6) is -0.198. The summed E-state index contributed by atoms with van der Waals surface area (Å²) in [5.41, 5.74) is 9.07. The summed E-state index contributed by atoms with van der Waals surface area (Å²) in [6.07, 6.45) is 4.05. The summed E-state index contributed by atoms with van der Waals surface area (Å²) in [7, 11) is -2.92. The fourth-order valence-electron chi connectivity index (χ4n) is 6.56. The molecule has 4 rings (SSSR count). The molecule has 0 aliphatic heterocycles. The van der Waals surface area contributed by atoms with Gasteiger partial charge in [0.1, 0.15) is 13.9 Å². The predicted molar refractivity (Wildman–Crippen MR) is 170 cm³/mol. The van der Waals surface area contributed by atoms with Crippen molar-refractivity contribution in [3.05, 3.63) is 112 Å². The Morgan fingerprint density at radius 3 is 1.42 bits per heavy atom. The molecule has 0 amide bonds. The molecule has 2 unspecified atom stereocenters. The molecule has 6 heteroatoms. The smallest absolute Gasteiger partial charge is 1.00 e. The van der Waals surface area contributed by atoms with Gasteiger partial charge in [-0.3, -0.25) is 6.08 Å². The minimum Gasteiger partial charge on any atom is -1.00 e. The quantitative estimate of drug-likeness (QED) is 0.195. The van der Waals surface area contributed by atoms with Gasteiger partial charge in [-0.25, -0.2) is 9.96 Å². The van der Waals surface area contributed by atoms with E-state index in [1.165, 1.54) is 54.5 Å². The van der Waals surface area contributed by atoms with Gasteiger partial charge in [0.2, 0.25) is 0 Å². The van der Waals surface area contributed by atoms with Crippen molar-refractivity contribution in [3.63, 3.8) is 0 Å². The van der Waals surface area contributed by atoms with Crippen LogP contribution >= 0.6 is 0 Å². The molecule has 0 nitrogen and oxygen atoms in total. The second-order valence-electron chi connectivity index (χ2n) is 14.1. The third kappa shape index (κ3) is 7.48. The number of rotatable bonds is 4. The van der Waals surface area contributed by atoms with Crippen LogP contribution in [0.25, 0.3) is 0 Å². The first-order chi connectivity index (χ1) is 17.9. The second-order valence-corrected chi connectivity index (χ2v) is 18.3. The fraction of sp³-hybridized carbons (Fsp3) is 0.405. The molecule has 0 saturated carbocycles. The van der Waals surface area contributed by atoms with Crippen LogP contribution in [0.15, 0.2) is 77.4 Å². The molecule has 230 valence electrons. The Morgan fingerprint density at radius 2 is 1.05 bits per heavy atom. The molecule has 0 heterocycles. The van der Waals surface area contributed by atoms with Crippen LogP contribution in [0, 0.1) is 25.7 Å². The van der Waals surface area contributed by atoms with E-state index in [-0.39, 0.29) is 80.6 Å². The Morgan fingerprint density at radius 1 is 0.628 bits per heavy atom. The van der Waals surface area contributed by atoms with E-state index >= 15 is 0 Å². The molecule has 1 aliphatic rings. The normalized spacial score (nSPS) is 17.9. The van der Waals surface area contributed by atoms with E-state index < -0.39 is 8.07 Å². The summed E-state index contributed by atoms with van der Waals surface area (Å²) in [6, 6.07) is 21.8. The summed E-state index contributed by atoms with van der Waals surface area (Å²) < 4.78 is 14.5. The first-order valence-corrected chi connectivity index (χ1v) is 16.2. The number of halogens is 4. The van der Waals surface area contributed by atoms with Crippen molar-refractivity contribution < 1.29 is 63.3 Å². The molecule has 1 aliphatic carbocycles. The maximum atomic E-state index is 14.5. The second kappa shape index (κ2) is 14.5. The molecule has 0 aromatic heterocycles. The van der Waals surface area contributed by atoms with Gasteiger partial charge in [-0.1, -0.05) is 127 Å². The van der Waals surface area contributed by atoms with Gasteiger partial charge in [0.05, 0.1) is 0 Å². The van der Waals surface area contributed by atoms with Gasteiger partial charge in [0.25, 0.3) is 0 Å². The first kappa shape index (κ1) is 41.9. The number of benzene rings is 3. The van der Waals surface area contributed by atoms with Crippen molar-refractivity contribution in [2.45, 2.75) is 99.0 Å². The van der Waals surface area contributed by atoms with Gasteiger partial charge in [-0.15, -0.1) is 6.92 Å². The molecule has 0 bridgehead atoms. The van der Waals surface area contributed by atoms with Gasteiger partial charge in [0, 0.05) is 0 Å². The van der Waals surface area contributed by atoms with Crippen molar-refractivity contribution in [1.29, 1.82) is 0 Å². The number of allylic oxidation sites excluding steroid dienone is 4. The van der Waals surface area contributed by atoms with Crippen LogP contribution in [0.3, 0.4) is 0 Å². The Kier molecular flexibility index (Phi) is 14.1. The van der Waals surface area contributed by atoms with E-state index in [4.69, 9.17) is 0 Å². The van der Waals surface area contributed by atoms with E-state index in [9.17, 15) is 4.39 Å². The topological polar surface area (TPSA) is 0 Å². The summed E-state index contributed by atoms with van der Waals surface area (Å²) in [5, 5.41) is 3.59. The Hall–Kier alpha value is -1.13. The van der Waals surface area contributed by atoms with Crippen LogP contribution in [0.5, 0.6) is 0 Å². The predicted octanol–water partition coefficient (Wildman–Crippen LogP) is -0.623. The first-order valence-electron chi connectivity index (χ1n) is 14.2. The van der Waals surface area contributed by atoms with Crippen LogP contribution < -0.4 is 52.8 Å². The number of hydrogen-bond acceptors (Lipinski definition) is 0. The molecule has 0 fully saturated rings. The summed E-state index contributed by atoms with van der Waals surface area (Å²) in [4.78, 5) is 0. The Balaban J connectivity index is 0.00000441. The summed E-state index contributed by atoms with van der Waals surface area (Å²) >= 11 is 0. The average molecular weight is 692 g/mol. The van der Waals surface area contributed by atoms with E-state index in [0.29, 0.717) is 0 Å². The fourth-order valence-corrected chi connectivity index (χ4v) is 12.7. The van der Waals surface area contributed by atoms with Crippen molar-refractivity contribution in [2.24, 2.45) is 0 Å². The minimum absolute atomic E-state index is 0. The summed E-state index contributed by atoms with van der Waals surface area (Å²) in [6.45, 7) is 27.4. The molecular formula is C37H46Cl3FSiTi. The van der Waals surface area contributed by atoms with Gasteiger partial charge in [-0.05, 0) is 63.5 Å². The van der Waals surface area contributed by atoms with Crippen LogP contribution in [0.2, 0.25) is 5.04 Å². The molecule has 0 spiro atoms. The van der Waals surface area contributed by atoms with E-state index in [1.807, 2.05) is 0 Å². The monoisotopic (exact) mass is 690 g/mol. The Bertz CT molecular complexity index is 1440. The molecular weight excluding hydrogens is 646 g/mol. The molecule has 43 heavy (non-hydrogen) atoms. The van der Waals surface area contributed by atoms with E-state index in [2.05, 4.69) is 138 Å². The average Bonchev–Trinajstić information content (AvgIpc) is 3.02. The standard InChI is InChI=1S/C37H46FSi.3ClH.Ti/c1-24-17-25(2)19-33(18-24)39(32-15-13-31(38)14-16-32,37(12)23-26(3)27(4)28(37)5)34-21-29(35(6,7)8)20-30(22-34)36(9,10)11;;;;/h13-22H,1-12H3;3*1H;/q-1;;;;+4/p-3. The number of hydrogen-bond donors (Lipinski definition) is 0. The van der Waals surface area contributed by atoms with Crippen LogP contribution in [-0.2, 0) is 32.5 Å². The largest absolute Gasteiger partial charge is 4.00 e.